The summed E-state index contributed by atoms with van der Waals surface area (Å²) >= 11 is 3.46. The Morgan fingerprint density at radius 1 is 1.00 bits per heavy atom. The summed E-state index contributed by atoms with van der Waals surface area (Å²) in [5, 5.41) is 2.93. The number of hydrogen-bond acceptors (Lipinski definition) is 1. The van der Waals surface area contributed by atoms with E-state index in [4.69, 9.17) is 0 Å². The molecule has 0 saturated heterocycles. The Labute approximate surface area is 122 Å². The predicted molar refractivity (Wildman–Crippen MR) is 82.7 cm³/mol. The monoisotopic (exact) mass is 317 g/mol. The molecule has 98 valence electrons. The first-order valence-corrected chi connectivity index (χ1v) is 6.91. The van der Waals surface area contributed by atoms with Crippen LogP contribution in [0.25, 0.3) is 0 Å². The summed E-state index contributed by atoms with van der Waals surface area (Å²) in [6, 6.07) is 11.7. The van der Waals surface area contributed by atoms with Gasteiger partial charge in [0.2, 0.25) is 0 Å². The second-order valence-electron chi connectivity index (χ2n) is 4.76. The maximum absolute atomic E-state index is 12.3. The lowest BCUT2D eigenvalue weighted by molar-refractivity contribution is 0.102. The van der Waals surface area contributed by atoms with E-state index in [2.05, 4.69) is 21.2 Å². The van der Waals surface area contributed by atoms with E-state index in [0.29, 0.717) is 5.56 Å². The lowest BCUT2D eigenvalue weighted by atomic mass is 10.1. The molecule has 0 aliphatic carbocycles. The van der Waals surface area contributed by atoms with Crippen molar-refractivity contribution in [3.05, 3.63) is 63.1 Å². The van der Waals surface area contributed by atoms with Gasteiger partial charge in [-0.1, -0.05) is 23.8 Å². The van der Waals surface area contributed by atoms with Crippen LogP contribution in [0.15, 0.2) is 40.9 Å². The second-order valence-corrected chi connectivity index (χ2v) is 5.61. The predicted octanol–water partition coefficient (Wildman–Crippen LogP) is 4.63. The molecule has 2 rings (SSSR count). The van der Waals surface area contributed by atoms with E-state index >= 15 is 0 Å². The molecule has 2 aromatic carbocycles. The standard InChI is InChI=1S/C16H16BrNO/c1-10-4-6-13(12(3)8-10)16(19)18-15-7-5-11(2)9-14(15)17/h4-9H,1-3H3,(H,18,19). The zero-order chi connectivity index (χ0) is 14.0. The summed E-state index contributed by atoms with van der Waals surface area (Å²) in [7, 11) is 0. The van der Waals surface area contributed by atoms with Crippen molar-refractivity contribution < 1.29 is 4.79 Å². The molecule has 0 bridgehead atoms. The number of anilines is 1. The second kappa shape index (κ2) is 5.57. The molecule has 19 heavy (non-hydrogen) atoms. The average Bonchev–Trinajstić information content (AvgIpc) is 2.32. The highest BCUT2D eigenvalue weighted by atomic mass is 79.9. The number of nitrogens with one attached hydrogen (secondary N) is 1. The van der Waals surface area contributed by atoms with Crippen molar-refractivity contribution in [3.8, 4) is 0 Å². The van der Waals surface area contributed by atoms with Crippen molar-refractivity contribution in [2.24, 2.45) is 0 Å². The van der Waals surface area contributed by atoms with Crippen molar-refractivity contribution in [2.75, 3.05) is 5.32 Å². The van der Waals surface area contributed by atoms with Crippen LogP contribution in [0, 0.1) is 20.8 Å². The van der Waals surface area contributed by atoms with Gasteiger partial charge < -0.3 is 5.32 Å². The first-order valence-electron chi connectivity index (χ1n) is 6.12. The van der Waals surface area contributed by atoms with Gasteiger partial charge in [-0.15, -0.1) is 0 Å². The van der Waals surface area contributed by atoms with E-state index in [1.807, 2.05) is 57.2 Å². The third kappa shape index (κ3) is 3.24. The SMILES string of the molecule is Cc1ccc(C(=O)Nc2ccc(C)cc2Br)c(C)c1. The zero-order valence-electron chi connectivity index (χ0n) is 11.3. The summed E-state index contributed by atoms with van der Waals surface area (Å²) in [6.07, 6.45) is 0. The minimum atomic E-state index is -0.0814. The van der Waals surface area contributed by atoms with Gasteiger partial charge in [-0.2, -0.15) is 0 Å². The van der Waals surface area contributed by atoms with Crippen LogP contribution in [0.3, 0.4) is 0 Å². The van der Waals surface area contributed by atoms with Gasteiger partial charge in [-0.05, 0) is 66.0 Å². The van der Waals surface area contributed by atoms with Crippen LogP contribution in [0.4, 0.5) is 5.69 Å². The Bertz CT molecular complexity index is 635. The lowest BCUT2D eigenvalue weighted by Crippen LogP contribution is -2.13. The molecule has 0 aliphatic rings. The van der Waals surface area contributed by atoms with E-state index < -0.39 is 0 Å². The molecule has 0 fully saturated rings. The fourth-order valence-electron chi connectivity index (χ4n) is 1.98. The maximum Gasteiger partial charge on any atom is 0.255 e. The summed E-state index contributed by atoms with van der Waals surface area (Å²) < 4.78 is 0.894. The van der Waals surface area contributed by atoms with Crippen molar-refractivity contribution in [1.82, 2.24) is 0 Å². The number of halogens is 1. The number of aryl methyl sites for hydroxylation is 3. The number of carbonyl (C=O) groups excluding carboxylic acids is 1. The number of carbonyl (C=O) groups is 1. The van der Waals surface area contributed by atoms with E-state index in [1.54, 1.807) is 0 Å². The van der Waals surface area contributed by atoms with E-state index in [0.717, 1.165) is 26.9 Å². The first-order chi connectivity index (χ1) is 8.97. The molecule has 0 spiro atoms. The van der Waals surface area contributed by atoms with Gasteiger partial charge >= 0.3 is 0 Å². The fraction of sp³-hybridized carbons (Fsp3) is 0.188. The Morgan fingerprint density at radius 3 is 2.26 bits per heavy atom. The first kappa shape index (κ1) is 13.8. The molecule has 1 N–H and O–H groups in total. The molecular weight excluding hydrogens is 302 g/mol. The summed E-state index contributed by atoms with van der Waals surface area (Å²) in [5.41, 5.74) is 4.79. The Balaban J connectivity index is 2.25. The number of amides is 1. The van der Waals surface area contributed by atoms with Crippen LogP contribution in [-0.2, 0) is 0 Å². The third-order valence-corrected chi connectivity index (χ3v) is 3.66. The molecule has 0 radical (unpaired) electrons. The number of rotatable bonds is 2. The van der Waals surface area contributed by atoms with Gasteiger partial charge in [0.1, 0.15) is 0 Å². The van der Waals surface area contributed by atoms with Gasteiger partial charge in [-0.25, -0.2) is 0 Å². The summed E-state index contributed by atoms with van der Waals surface area (Å²) in [4.78, 5) is 12.3. The summed E-state index contributed by atoms with van der Waals surface area (Å²) in [5.74, 6) is -0.0814. The highest BCUT2D eigenvalue weighted by molar-refractivity contribution is 9.10. The molecular formula is C16H16BrNO. The summed E-state index contributed by atoms with van der Waals surface area (Å²) in [6.45, 7) is 5.98. The van der Waals surface area contributed by atoms with Gasteiger partial charge in [0.15, 0.2) is 0 Å². The van der Waals surface area contributed by atoms with E-state index in [9.17, 15) is 4.79 Å². The van der Waals surface area contributed by atoms with Crippen LogP contribution in [0.2, 0.25) is 0 Å². The Kier molecular flexibility index (Phi) is 4.05. The lowest BCUT2D eigenvalue weighted by Gasteiger charge is -2.10. The molecule has 1 amide bonds. The Morgan fingerprint density at radius 2 is 1.63 bits per heavy atom. The van der Waals surface area contributed by atoms with Gasteiger partial charge in [0, 0.05) is 10.0 Å². The normalized spacial score (nSPS) is 10.3. The van der Waals surface area contributed by atoms with Crippen LogP contribution in [0.1, 0.15) is 27.0 Å². The van der Waals surface area contributed by atoms with Crippen LogP contribution in [0.5, 0.6) is 0 Å². The van der Waals surface area contributed by atoms with Crippen LogP contribution in [-0.4, -0.2) is 5.91 Å². The molecule has 0 unspecified atom stereocenters. The van der Waals surface area contributed by atoms with E-state index in [1.165, 1.54) is 0 Å². The molecule has 0 heterocycles. The molecule has 0 aromatic heterocycles. The Hall–Kier alpha value is -1.61. The number of benzene rings is 2. The van der Waals surface area contributed by atoms with Crippen molar-refractivity contribution in [3.63, 3.8) is 0 Å². The topological polar surface area (TPSA) is 29.1 Å². The van der Waals surface area contributed by atoms with Crippen LogP contribution >= 0.6 is 15.9 Å². The zero-order valence-corrected chi connectivity index (χ0v) is 12.8. The minimum Gasteiger partial charge on any atom is -0.321 e. The third-order valence-electron chi connectivity index (χ3n) is 3.00. The smallest absolute Gasteiger partial charge is 0.255 e. The van der Waals surface area contributed by atoms with Crippen molar-refractivity contribution >= 4 is 27.5 Å². The molecule has 2 aromatic rings. The maximum atomic E-state index is 12.3. The number of hydrogen-bond donors (Lipinski definition) is 1. The molecule has 0 aliphatic heterocycles. The van der Waals surface area contributed by atoms with Crippen molar-refractivity contribution in [2.45, 2.75) is 20.8 Å². The van der Waals surface area contributed by atoms with E-state index in [-0.39, 0.29) is 5.91 Å². The molecule has 2 nitrogen and oxygen atoms in total. The largest absolute Gasteiger partial charge is 0.321 e. The van der Waals surface area contributed by atoms with Gasteiger partial charge in [0.25, 0.3) is 5.91 Å². The van der Waals surface area contributed by atoms with Crippen LogP contribution < -0.4 is 5.32 Å². The highest BCUT2D eigenvalue weighted by Gasteiger charge is 2.10. The fourth-order valence-corrected chi connectivity index (χ4v) is 2.57. The molecule has 3 heteroatoms. The molecule has 0 saturated carbocycles. The average molecular weight is 318 g/mol. The minimum absolute atomic E-state index is 0.0814. The molecule has 0 atom stereocenters. The van der Waals surface area contributed by atoms with Gasteiger partial charge in [0.05, 0.1) is 5.69 Å². The van der Waals surface area contributed by atoms with Crippen molar-refractivity contribution in [1.29, 1.82) is 0 Å². The quantitative estimate of drug-likeness (QED) is 0.859. The highest BCUT2D eigenvalue weighted by Crippen LogP contribution is 2.24. The van der Waals surface area contributed by atoms with Gasteiger partial charge in [-0.3, -0.25) is 4.79 Å².